The van der Waals surface area contributed by atoms with Crippen LogP contribution in [0.5, 0.6) is 0 Å². The number of fused-ring (bicyclic) bond motifs is 3. The number of oxime groups is 1. The van der Waals surface area contributed by atoms with Crippen molar-refractivity contribution in [2.75, 3.05) is 20.3 Å². The van der Waals surface area contributed by atoms with Crippen molar-refractivity contribution in [3.63, 3.8) is 0 Å². The third kappa shape index (κ3) is 4.38. The summed E-state index contributed by atoms with van der Waals surface area (Å²) in [6.45, 7) is -0.291. The Morgan fingerprint density at radius 2 is 2.09 bits per heavy atom. The first-order valence-corrected chi connectivity index (χ1v) is 10.9. The Bertz CT molecular complexity index is 1120. The largest absolute Gasteiger partial charge is 0.481 e. The van der Waals surface area contributed by atoms with Gasteiger partial charge in [0, 0.05) is 37.7 Å². The first-order valence-electron chi connectivity index (χ1n) is 10.9. The maximum atomic E-state index is 13.7. The molecule has 0 radical (unpaired) electrons. The molecule has 2 aromatic rings. The monoisotopic (exact) mass is 440 g/mol. The van der Waals surface area contributed by atoms with Crippen molar-refractivity contribution in [1.29, 1.82) is 0 Å². The Kier molecular flexibility index (Phi) is 6.55. The van der Waals surface area contributed by atoms with Gasteiger partial charge in [-0.15, -0.1) is 0 Å². The molecule has 0 saturated carbocycles. The molecular formula is C23H28N4O5. The summed E-state index contributed by atoms with van der Waals surface area (Å²) < 4.78 is 1.80. The third-order valence-corrected chi connectivity index (χ3v) is 6.24. The number of rotatable bonds is 8. The normalized spacial score (nSPS) is 20.9. The van der Waals surface area contributed by atoms with Crippen LogP contribution in [-0.4, -0.2) is 62.6 Å². The summed E-state index contributed by atoms with van der Waals surface area (Å²) in [5.74, 6) is -1.00. The summed E-state index contributed by atoms with van der Waals surface area (Å²) in [6, 6.07) is 7.83. The van der Waals surface area contributed by atoms with Gasteiger partial charge in [0.25, 0.3) is 5.56 Å². The first-order chi connectivity index (χ1) is 15.5. The highest BCUT2D eigenvalue weighted by Crippen LogP contribution is 2.38. The van der Waals surface area contributed by atoms with Crippen molar-refractivity contribution >= 4 is 22.7 Å². The van der Waals surface area contributed by atoms with E-state index in [0.717, 1.165) is 31.2 Å². The number of aliphatic hydroxyl groups excluding tert-OH is 1. The number of para-hydroxylation sites is 2. The second kappa shape index (κ2) is 9.52. The van der Waals surface area contributed by atoms with Crippen molar-refractivity contribution in [3.8, 4) is 0 Å². The van der Waals surface area contributed by atoms with E-state index in [2.05, 4.69) is 28.2 Å². The number of aliphatic carboxylic acids is 1. The Morgan fingerprint density at radius 1 is 1.28 bits per heavy atom. The van der Waals surface area contributed by atoms with Crippen LogP contribution in [0.4, 0.5) is 0 Å². The van der Waals surface area contributed by atoms with Crippen molar-refractivity contribution in [2.45, 2.75) is 50.6 Å². The van der Waals surface area contributed by atoms with E-state index in [0.29, 0.717) is 11.6 Å². The quantitative estimate of drug-likeness (QED) is 0.367. The smallest absolute Gasteiger partial charge is 0.303 e. The summed E-state index contributed by atoms with van der Waals surface area (Å²) in [5.41, 5.74) is 2.62. The van der Waals surface area contributed by atoms with Crippen LogP contribution in [-0.2, 0) is 9.63 Å². The standard InChI is InChI=1S/C23H28N4O5/c1-26-15-5-4-6-16(26)14-17(13-15)27-20-8-3-2-7-18(20)24-22(23(27)31)19(9-10-21(29)30)25-32-12-11-28/h2-3,5,7-8,16-17,28H,4,6,9-14H2,1H3,(H,29,30)/b25-19+/t16-,17?/m0/s1. The molecule has 2 aliphatic heterocycles. The molecular weight excluding hydrogens is 412 g/mol. The minimum Gasteiger partial charge on any atom is -0.481 e. The summed E-state index contributed by atoms with van der Waals surface area (Å²) in [4.78, 5) is 36.9. The molecule has 9 nitrogen and oxygen atoms in total. The zero-order chi connectivity index (χ0) is 22.7. The van der Waals surface area contributed by atoms with Crippen LogP contribution < -0.4 is 5.56 Å². The minimum absolute atomic E-state index is 0.00250. The average molecular weight is 441 g/mol. The van der Waals surface area contributed by atoms with Crippen LogP contribution in [0.25, 0.3) is 11.0 Å². The Hall–Kier alpha value is -3.20. The lowest BCUT2D eigenvalue weighted by atomic mass is 9.87. The topological polar surface area (TPSA) is 117 Å². The molecule has 2 bridgehead atoms. The molecule has 2 N–H and O–H groups in total. The number of carboxylic acids is 1. The SMILES string of the molecule is CN1C2=CCC[C@H]1CC(n1c(=O)c(/C(CCC(=O)O)=N/OCCO)nc3ccccc31)C2. The summed E-state index contributed by atoms with van der Waals surface area (Å²) in [7, 11) is 2.11. The number of carboxylic acid groups (broad SMARTS) is 1. The molecule has 2 atom stereocenters. The fraction of sp³-hybridized carbons (Fsp3) is 0.478. The van der Waals surface area contributed by atoms with E-state index in [4.69, 9.17) is 15.1 Å². The zero-order valence-corrected chi connectivity index (χ0v) is 18.1. The highest BCUT2D eigenvalue weighted by atomic mass is 16.6. The number of aliphatic hydroxyl groups is 1. The molecule has 2 aliphatic rings. The highest BCUT2D eigenvalue weighted by Gasteiger charge is 2.33. The molecule has 0 aliphatic carbocycles. The van der Waals surface area contributed by atoms with Crippen molar-refractivity contribution in [2.24, 2.45) is 5.16 Å². The number of carbonyl (C=O) groups is 1. The van der Waals surface area contributed by atoms with Gasteiger partial charge in [-0.05, 0) is 31.4 Å². The van der Waals surface area contributed by atoms with Crippen LogP contribution in [0.15, 0.2) is 46.0 Å². The number of nitrogens with zero attached hydrogens (tertiary/aromatic N) is 4. The fourth-order valence-corrected chi connectivity index (χ4v) is 4.65. The molecule has 1 aromatic carbocycles. The van der Waals surface area contributed by atoms with E-state index in [9.17, 15) is 9.59 Å². The second-order valence-corrected chi connectivity index (χ2v) is 8.24. The van der Waals surface area contributed by atoms with Gasteiger partial charge in [-0.25, -0.2) is 4.98 Å². The van der Waals surface area contributed by atoms with Crippen LogP contribution in [0, 0.1) is 0 Å². The van der Waals surface area contributed by atoms with Crippen molar-refractivity contribution < 1.29 is 19.8 Å². The molecule has 9 heteroatoms. The molecule has 1 saturated heterocycles. The van der Waals surface area contributed by atoms with Gasteiger partial charge in [-0.3, -0.25) is 9.59 Å². The average Bonchev–Trinajstić information content (AvgIpc) is 2.76. The molecule has 1 unspecified atom stereocenters. The van der Waals surface area contributed by atoms with E-state index < -0.39 is 5.97 Å². The fourth-order valence-electron chi connectivity index (χ4n) is 4.65. The van der Waals surface area contributed by atoms with Gasteiger partial charge in [0.1, 0.15) is 12.3 Å². The van der Waals surface area contributed by atoms with E-state index >= 15 is 0 Å². The number of benzene rings is 1. The van der Waals surface area contributed by atoms with E-state index in [1.54, 1.807) is 4.57 Å². The van der Waals surface area contributed by atoms with Crippen LogP contribution in [0.1, 0.15) is 50.3 Å². The summed E-state index contributed by atoms with van der Waals surface area (Å²) in [6.07, 6.45) is 5.76. The van der Waals surface area contributed by atoms with Crippen molar-refractivity contribution in [1.82, 2.24) is 14.5 Å². The van der Waals surface area contributed by atoms with Crippen LogP contribution in [0.3, 0.4) is 0 Å². The number of allylic oxidation sites excluding steroid dienone is 2. The summed E-state index contributed by atoms with van der Waals surface area (Å²) in [5, 5.41) is 22.1. The van der Waals surface area contributed by atoms with Crippen LogP contribution >= 0.6 is 0 Å². The molecule has 1 aromatic heterocycles. The first kappa shape index (κ1) is 22.0. The maximum Gasteiger partial charge on any atom is 0.303 e. The third-order valence-electron chi connectivity index (χ3n) is 6.24. The van der Waals surface area contributed by atoms with Crippen LogP contribution in [0.2, 0.25) is 0 Å². The highest BCUT2D eigenvalue weighted by molar-refractivity contribution is 6.00. The molecule has 0 spiro atoms. The predicted octanol–water partition coefficient (Wildman–Crippen LogP) is 2.29. The van der Waals surface area contributed by atoms with Gasteiger partial charge in [0.15, 0.2) is 5.69 Å². The van der Waals surface area contributed by atoms with E-state index in [1.165, 1.54) is 5.70 Å². The predicted molar refractivity (Wildman–Crippen MR) is 120 cm³/mol. The maximum absolute atomic E-state index is 13.7. The Balaban J connectivity index is 1.83. The number of piperidine rings is 1. The van der Waals surface area contributed by atoms with Gasteiger partial charge in [0.05, 0.1) is 24.1 Å². The molecule has 1 fully saturated rings. The van der Waals surface area contributed by atoms with Gasteiger partial charge in [-0.2, -0.15) is 0 Å². The molecule has 32 heavy (non-hydrogen) atoms. The van der Waals surface area contributed by atoms with Gasteiger partial charge >= 0.3 is 5.97 Å². The van der Waals surface area contributed by atoms with Gasteiger partial charge < -0.3 is 24.5 Å². The minimum atomic E-state index is -1.00. The Labute approximate surface area is 185 Å². The van der Waals surface area contributed by atoms with E-state index in [1.807, 2.05) is 24.3 Å². The number of aromatic nitrogens is 2. The lowest BCUT2D eigenvalue weighted by molar-refractivity contribution is -0.136. The number of hydrogen-bond donors (Lipinski definition) is 2. The summed E-state index contributed by atoms with van der Waals surface area (Å²) >= 11 is 0. The second-order valence-electron chi connectivity index (χ2n) is 8.24. The molecule has 170 valence electrons. The Morgan fingerprint density at radius 3 is 2.84 bits per heavy atom. The van der Waals surface area contributed by atoms with Gasteiger partial charge in [-0.1, -0.05) is 23.4 Å². The molecule has 0 amide bonds. The zero-order valence-electron chi connectivity index (χ0n) is 18.1. The van der Waals surface area contributed by atoms with Crippen molar-refractivity contribution in [3.05, 3.63) is 52.1 Å². The lowest BCUT2D eigenvalue weighted by Gasteiger charge is -2.44. The van der Waals surface area contributed by atoms with E-state index in [-0.39, 0.29) is 49.1 Å². The molecule has 3 heterocycles. The molecule has 4 rings (SSSR count). The number of hydrogen-bond acceptors (Lipinski definition) is 7. The van der Waals surface area contributed by atoms with Gasteiger partial charge in [0.2, 0.25) is 0 Å². The lowest BCUT2D eigenvalue weighted by Crippen LogP contribution is -2.43.